The van der Waals surface area contributed by atoms with Crippen molar-refractivity contribution in [2.45, 2.75) is 45.3 Å². The van der Waals surface area contributed by atoms with E-state index < -0.39 is 6.10 Å². The predicted molar refractivity (Wildman–Crippen MR) is 48.2 cm³/mol. The highest BCUT2D eigenvalue weighted by atomic mass is 16.3. The zero-order valence-corrected chi connectivity index (χ0v) is 7.90. The summed E-state index contributed by atoms with van der Waals surface area (Å²) in [5.74, 6) is 1.63. The van der Waals surface area contributed by atoms with E-state index in [0.29, 0.717) is 0 Å². The molecule has 1 N–H and O–H groups in total. The summed E-state index contributed by atoms with van der Waals surface area (Å²) in [5, 5.41) is 14.0. The van der Waals surface area contributed by atoms with Gasteiger partial charge in [0, 0.05) is 13.0 Å². The summed E-state index contributed by atoms with van der Waals surface area (Å²) in [7, 11) is 0. The smallest absolute Gasteiger partial charge is 0.156 e. The lowest BCUT2D eigenvalue weighted by Crippen LogP contribution is -2.16. The van der Waals surface area contributed by atoms with E-state index in [-0.39, 0.29) is 0 Å². The normalized spacial score (nSPS) is 21.5. The first-order valence-electron chi connectivity index (χ1n) is 4.93. The van der Waals surface area contributed by atoms with E-state index in [1.807, 2.05) is 4.68 Å². The molecule has 13 heavy (non-hydrogen) atoms. The maximum Gasteiger partial charge on any atom is 0.156 e. The number of aliphatic hydroxyl groups excluding tert-OH is 1. The van der Waals surface area contributed by atoms with Gasteiger partial charge in [-0.1, -0.05) is 6.92 Å². The number of aliphatic hydroxyl groups is 1. The van der Waals surface area contributed by atoms with Crippen molar-refractivity contribution in [3.05, 3.63) is 11.6 Å². The summed E-state index contributed by atoms with van der Waals surface area (Å²) in [6.45, 7) is 3.01. The Hall–Kier alpha value is -0.900. The first-order chi connectivity index (χ1) is 6.31. The predicted octanol–water partition coefficient (Wildman–Crippen LogP) is 1.06. The largest absolute Gasteiger partial charge is 0.385 e. The van der Waals surface area contributed by atoms with Gasteiger partial charge in [-0.3, -0.25) is 0 Å². The summed E-state index contributed by atoms with van der Waals surface area (Å²) < 4.78 is 1.85. The molecule has 1 aliphatic heterocycles. The molecule has 2 rings (SSSR count). The fourth-order valence-corrected chi connectivity index (χ4v) is 1.71. The molecule has 1 atom stereocenters. The molecule has 1 aliphatic rings. The maximum atomic E-state index is 9.62. The van der Waals surface area contributed by atoms with Gasteiger partial charge in [-0.25, -0.2) is 9.67 Å². The van der Waals surface area contributed by atoms with Gasteiger partial charge in [0.15, 0.2) is 11.6 Å². The number of nitrogens with zero attached hydrogens (tertiary/aromatic N) is 3. The van der Waals surface area contributed by atoms with Gasteiger partial charge in [0.2, 0.25) is 0 Å². The van der Waals surface area contributed by atoms with Crippen molar-refractivity contribution in [2.24, 2.45) is 0 Å². The third-order valence-corrected chi connectivity index (χ3v) is 2.36. The Morgan fingerprint density at radius 3 is 3.15 bits per heavy atom. The average Bonchev–Trinajstić information content (AvgIpc) is 2.49. The van der Waals surface area contributed by atoms with Crippen molar-refractivity contribution >= 4 is 0 Å². The summed E-state index contributed by atoms with van der Waals surface area (Å²) >= 11 is 0. The first kappa shape index (κ1) is 8.69. The number of hydrogen-bond donors (Lipinski definition) is 1. The Labute approximate surface area is 77.6 Å². The van der Waals surface area contributed by atoms with E-state index in [1.54, 1.807) is 0 Å². The minimum absolute atomic E-state index is 0.396. The molecule has 0 spiro atoms. The van der Waals surface area contributed by atoms with Crippen LogP contribution in [0.4, 0.5) is 0 Å². The Bertz CT molecular complexity index is 295. The minimum Gasteiger partial charge on any atom is -0.385 e. The number of hydrogen-bond acceptors (Lipinski definition) is 3. The lowest BCUT2D eigenvalue weighted by molar-refractivity contribution is 0.130. The lowest BCUT2D eigenvalue weighted by atomic mass is 10.1. The Balaban J connectivity index is 2.25. The molecule has 2 heterocycles. The molecular formula is C9H15N3O. The van der Waals surface area contributed by atoms with E-state index >= 15 is 0 Å². The zero-order valence-electron chi connectivity index (χ0n) is 7.90. The molecule has 4 nitrogen and oxygen atoms in total. The second kappa shape index (κ2) is 3.46. The molecule has 1 aromatic heterocycles. The zero-order chi connectivity index (χ0) is 9.26. The van der Waals surface area contributed by atoms with E-state index in [4.69, 9.17) is 0 Å². The number of aryl methyl sites for hydroxylation is 2. The molecule has 0 radical (unpaired) electrons. The highest BCUT2D eigenvalue weighted by Gasteiger charge is 2.21. The maximum absolute atomic E-state index is 9.62. The van der Waals surface area contributed by atoms with Crippen molar-refractivity contribution in [1.29, 1.82) is 0 Å². The van der Waals surface area contributed by atoms with Crippen LogP contribution < -0.4 is 0 Å². The van der Waals surface area contributed by atoms with Crippen LogP contribution in [0.5, 0.6) is 0 Å². The summed E-state index contributed by atoms with van der Waals surface area (Å²) in [6.07, 6.45) is 3.39. The van der Waals surface area contributed by atoms with Gasteiger partial charge in [-0.2, -0.15) is 5.10 Å². The van der Waals surface area contributed by atoms with Gasteiger partial charge in [0.1, 0.15) is 6.10 Å². The molecule has 0 aromatic carbocycles. The van der Waals surface area contributed by atoms with Gasteiger partial charge in [-0.15, -0.1) is 0 Å². The van der Waals surface area contributed by atoms with Gasteiger partial charge in [-0.05, 0) is 19.3 Å². The molecule has 0 saturated heterocycles. The van der Waals surface area contributed by atoms with Crippen molar-refractivity contribution in [1.82, 2.24) is 14.8 Å². The highest BCUT2D eigenvalue weighted by molar-refractivity contribution is 4.99. The van der Waals surface area contributed by atoms with Crippen LogP contribution in [0.1, 0.15) is 43.9 Å². The second-order valence-corrected chi connectivity index (χ2v) is 3.52. The number of rotatable bonds is 2. The molecule has 4 heteroatoms. The van der Waals surface area contributed by atoms with Crippen molar-refractivity contribution in [3.63, 3.8) is 0 Å². The lowest BCUT2D eigenvalue weighted by Gasteiger charge is -2.16. The number of fused-ring (bicyclic) bond motifs is 1. The molecule has 0 aliphatic carbocycles. The van der Waals surface area contributed by atoms with Gasteiger partial charge in [0.25, 0.3) is 0 Å². The molecule has 1 aromatic rings. The first-order valence-corrected chi connectivity index (χ1v) is 4.93. The summed E-state index contributed by atoms with van der Waals surface area (Å²) in [6, 6.07) is 0. The Morgan fingerprint density at radius 2 is 2.46 bits per heavy atom. The monoisotopic (exact) mass is 181 g/mol. The van der Waals surface area contributed by atoms with E-state index in [1.165, 1.54) is 0 Å². The highest BCUT2D eigenvalue weighted by Crippen LogP contribution is 2.22. The molecule has 0 saturated carbocycles. The second-order valence-electron chi connectivity index (χ2n) is 3.52. The Kier molecular flexibility index (Phi) is 2.31. The van der Waals surface area contributed by atoms with E-state index in [9.17, 15) is 5.11 Å². The van der Waals surface area contributed by atoms with Crippen molar-refractivity contribution in [3.8, 4) is 0 Å². The topological polar surface area (TPSA) is 50.9 Å². The average molecular weight is 181 g/mol. The van der Waals surface area contributed by atoms with Crippen LogP contribution in [0.3, 0.4) is 0 Å². The Morgan fingerprint density at radius 1 is 1.62 bits per heavy atom. The molecule has 0 bridgehead atoms. The van der Waals surface area contributed by atoms with Crippen LogP contribution in [0, 0.1) is 0 Å². The van der Waals surface area contributed by atoms with E-state index in [2.05, 4.69) is 17.0 Å². The van der Waals surface area contributed by atoms with Crippen LogP contribution in [-0.4, -0.2) is 19.9 Å². The van der Waals surface area contributed by atoms with Crippen LogP contribution in [0.15, 0.2) is 0 Å². The van der Waals surface area contributed by atoms with Crippen LogP contribution in [-0.2, 0) is 13.0 Å². The molecule has 0 amide bonds. The fourth-order valence-electron chi connectivity index (χ4n) is 1.71. The standard InChI is InChI=1S/C9H15N3O/c1-2-4-8-10-9-7(13)5-3-6-12(9)11-8/h7,13H,2-6H2,1H3. The quantitative estimate of drug-likeness (QED) is 0.742. The third-order valence-electron chi connectivity index (χ3n) is 2.36. The molecule has 1 unspecified atom stereocenters. The van der Waals surface area contributed by atoms with Gasteiger partial charge >= 0.3 is 0 Å². The number of aromatic nitrogens is 3. The van der Waals surface area contributed by atoms with Gasteiger partial charge in [0.05, 0.1) is 0 Å². The SMILES string of the molecule is CCCc1nc2n(n1)CCCC2O. The van der Waals surface area contributed by atoms with E-state index in [0.717, 1.165) is 43.9 Å². The van der Waals surface area contributed by atoms with Crippen molar-refractivity contribution in [2.75, 3.05) is 0 Å². The van der Waals surface area contributed by atoms with Crippen molar-refractivity contribution < 1.29 is 5.11 Å². The van der Waals surface area contributed by atoms with Crippen LogP contribution in [0.25, 0.3) is 0 Å². The molecule has 0 fully saturated rings. The summed E-state index contributed by atoms with van der Waals surface area (Å²) in [4.78, 5) is 4.32. The minimum atomic E-state index is -0.396. The fraction of sp³-hybridized carbons (Fsp3) is 0.778. The van der Waals surface area contributed by atoms with Crippen LogP contribution in [0.2, 0.25) is 0 Å². The van der Waals surface area contributed by atoms with Crippen LogP contribution >= 0.6 is 0 Å². The molecular weight excluding hydrogens is 166 g/mol. The summed E-state index contributed by atoms with van der Waals surface area (Å²) in [5.41, 5.74) is 0. The third kappa shape index (κ3) is 1.58. The van der Waals surface area contributed by atoms with Gasteiger partial charge < -0.3 is 5.11 Å². The molecule has 72 valence electrons.